The molecule has 0 saturated heterocycles. The van der Waals surface area contributed by atoms with E-state index in [1.165, 1.54) is 11.3 Å². The molecule has 8 heteroatoms. The van der Waals surface area contributed by atoms with Crippen molar-refractivity contribution in [1.29, 1.82) is 0 Å². The minimum atomic E-state index is -0.234. The molecule has 3 N–H and O–H groups in total. The van der Waals surface area contributed by atoms with E-state index in [0.29, 0.717) is 17.2 Å². The van der Waals surface area contributed by atoms with Gasteiger partial charge in [0.25, 0.3) is 5.91 Å². The van der Waals surface area contributed by atoms with Crippen molar-refractivity contribution < 1.29 is 4.79 Å². The molecule has 0 aliphatic carbocycles. The second-order valence-corrected chi connectivity index (χ2v) is 6.56. The fourth-order valence-corrected chi connectivity index (χ4v) is 3.33. The van der Waals surface area contributed by atoms with Crippen molar-refractivity contribution in [2.24, 2.45) is 0 Å². The van der Waals surface area contributed by atoms with Gasteiger partial charge >= 0.3 is 0 Å². The third kappa shape index (κ3) is 3.85. The van der Waals surface area contributed by atoms with E-state index in [0.717, 1.165) is 22.5 Å². The van der Waals surface area contributed by atoms with Gasteiger partial charge in [0.2, 0.25) is 0 Å². The lowest BCUT2D eigenvalue weighted by atomic mass is 10.1. The summed E-state index contributed by atoms with van der Waals surface area (Å²) < 4.78 is 0. The standard InChI is InChI=1S/C19H16N6OS/c26-18(17-19(27-12-22-17)24-14-4-2-1-3-5-14)21-10-13-6-8-20-11-15(13)16-7-9-23-25-16/h1-9,11-12,24H,10H2,(H,21,26)(H,23,25). The number of aromatic nitrogens is 4. The van der Waals surface area contributed by atoms with Crippen LogP contribution < -0.4 is 10.6 Å². The molecule has 4 rings (SSSR count). The number of amides is 1. The molecule has 0 bridgehead atoms. The monoisotopic (exact) mass is 376 g/mol. The Labute approximate surface area is 159 Å². The average Bonchev–Trinajstić information content (AvgIpc) is 3.39. The molecule has 3 heterocycles. The average molecular weight is 376 g/mol. The molecular formula is C19H16N6OS. The molecule has 0 saturated carbocycles. The normalized spacial score (nSPS) is 10.5. The van der Waals surface area contributed by atoms with Gasteiger partial charge in [-0.1, -0.05) is 18.2 Å². The van der Waals surface area contributed by atoms with Crippen molar-refractivity contribution in [3.05, 3.63) is 77.8 Å². The highest BCUT2D eigenvalue weighted by Crippen LogP contribution is 2.25. The molecular weight excluding hydrogens is 360 g/mol. The number of pyridine rings is 1. The van der Waals surface area contributed by atoms with Crippen molar-refractivity contribution >= 4 is 27.9 Å². The van der Waals surface area contributed by atoms with Crippen LogP contribution in [-0.4, -0.2) is 26.1 Å². The number of H-pyrrole nitrogens is 1. The maximum absolute atomic E-state index is 12.6. The van der Waals surface area contributed by atoms with Crippen LogP contribution in [0.25, 0.3) is 11.3 Å². The lowest BCUT2D eigenvalue weighted by Gasteiger charge is -2.10. The lowest BCUT2D eigenvalue weighted by Crippen LogP contribution is -2.24. The quantitative estimate of drug-likeness (QED) is 0.478. The molecule has 27 heavy (non-hydrogen) atoms. The zero-order valence-electron chi connectivity index (χ0n) is 14.2. The van der Waals surface area contributed by atoms with Gasteiger partial charge in [0.15, 0.2) is 5.69 Å². The minimum Gasteiger partial charge on any atom is -0.347 e. The molecule has 0 atom stereocenters. The number of para-hydroxylation sites is 1. The Morgan fingerprint density at radius 3 is 2.81 bits per heavy atom. The number of hydrogen-bond acceptors (Lipinski definition) is 6. The zero-order valence-corrected chi connectivity index (χ0v) is 15.0. The first-order valence-electron chi connectivity index (χ1n) is 8.27. The van der Waals surface area contributed by atoms with E-state index in [9.17, 15) is 4.79 Å². The van der Waals surface area contributed by atoms with E-state index in [1.807, 2.05) is 42.5 Å². The van der Waals surface area contributed by atoms with Gasteiger partial charge in [-0.05, 0) is 29.8 Å². The van der Waals surface area contributed by atoms with Gasteiger partial charge in [0.1, 0.15) is 5.00 Å². The van der Waals surface area contributed by atoms with Gasteiger partial charge in [-0.2, -0.15) is 5.10 Å². The maximum atomic E-state index is 12.6. The molecule has 1 amide bonds. The summed E-state index contributed by atoms with van der Waals surface area (Å²) in [6, 6.07) is 13.4. The summed E-state index contributed by atoms with van der Waals surface area (Å²) in [5.74, 6) is -0.234. The Bertz CT molecular complexity index is 1030. The van der Waals surface area contributed by atoms with E-state index in [1.54, 1.807) is 24.1 Å². The molecule has 0 aliphatic heterocycles. The number of thiazole rings is 1. The first kappa shape index (κ1) is 16.9. The minimum absolute atomic E-state index is 0.234. The van der Waals surface area contributed by atoms with Crippen LogP contribution in [0.5, 0.6) is 0 Å². The van der Waals surface area contributed by atoms with Crippen molar-refractivity contribution in [1.82, 2.24) is 25.5 Å². The van der Waals surface area contributed by atoms with Crippen LogP contribution in [-0.2, 0) is 6.54 Å². The molecule has 7 nitrogen and oxygen atoms in total. The lowest BCUT2D eigenvalue weighted by molar-refractivity contribution is 0.0947. The summed E-state index contributed by atoms with van der Waals surface area (Å²) >= 11 is 1.39. The number of nitrogens with one attached hydrogen (secondary N) is 3. The van der Waals surface area contributed by atoms with Crippen LogP contribution in [0.1, 0.15) is 16.1 Å². The van der Waals surface area contributed by atoms with Crippen LogP contribution in [0.3, 0.4) is 0 Å². The maximum Gasteiger partial charge on any atom is 0.273 e. The molecule has 0 spiro atoms. The van der Waals surface area contributed by atoms with Gasteiger partial charge in [-0.25, -0.2) is 4.98 Å². The van der Waals surface area contributed by atoms with E-state index in [4.69, 9.17) is 0 Å². The fraction of sp³-hybridized carbons (Fsp3) is 0.0526. The van der Waals surface area contributed by atoms with E-state index >= 15 is 0 Å². The Morgan fingerprint density at radius 1 is 1.11 bits per heavy atom. The largest absolute Gasteiger partial charge is 0.347 e. The highest BCUT2D eigenvalue weighted by atomic mass is 32.1. The molecule has 0 radical (unpaired) electrons. The summed E-state index contributed by atoms with van der Waals surface area (Å²) in [4.78, 5) is 21.0. The van der Waals surface area contributed by atoms with E-state index < -0.39 is 0 Å². The van der Waals surface area contributed by atoms with Crippen LogP contribution in [0.4, 0.5) is 10.7 Å². The van der Waals surface area contributed by atoms with Gasteiger partial charge in [0.05, 0.1) is 11.2 Å². The molecule has 0 aliphatic rings. The Kier molecular flexibility index (Phi) is 4.88. The van der Waals surface area contributed by atoms with Crippen molar-refractivity contribution in [3.8, 4) is 11.3 Å². The van der Waals surface area contributed by atoms with Crippen LogP contribution in [0.15, 0.2) is 66.6 Å². The third-order valence-corrected chi connectivity index (χ3v) is 4.70. The Balaban J connectivity index is 1.48. The van der Waals surface area contributed by atoms with E-state index in [2.05, 4.69) is 30.8 Å². The van der Waals surface area contributed by atoms with Crippen LogP contribution in [0.2, 0.25) is 0 Å². The van der Waals surface area contributed by atoms with Crippen LogP contribution in [0, 0.1) is 0 Å². The number of carbonyl (C=O) groups excluding carboxylic acids is 1. The van der Waals surface area contributed by atoms with Gasteiger partial charge in [-0.3, -0.25) is 14.9 Å². The van der Waals surface area contributed by atoms with Crippen molar-refractivity contribution in [3.63, 3.8) is 0 Å². The van der Waals surface area contributed by atoms with Gasteiger partial charge in [-0.15, -0.1) is 11.3 Å². The number of hydrogen-bond donors (Lipinski definition) is 3. The number of anilines is 2. The summed E-state index contributed by atoms with van der Waals surface area (Å²) in [6.45, 7) is 0.359. The van der Waals surface area contributed by atoms with Gasteiger partial charge < -0.3 is 10.6 Å². The number of rotatable bonds is 6. The molecule has 3 aromatic heterocycles. The Morgan fingerprint density at radius 2 is 2.00 bits per heavy atom. The predicted octanol–water partition coefficient (Wildman–Crippen LogP) is 3.60. The Hall–Kier alpha value is -3.52. The topological polar surface area (TPSA) is 95.6 Å². The third-order valence-electron chi connectivity index (χ3n) is 3.96. The number of carbonyl (C=O) groups is 1. The van der Waals surface area contributed by atoms with Gasteiger partial charge in [0, 0.05) is 36.4 Å². The molecule has 0 fully saturated rings. The summed E-state index contributed by atoms with van der Waals surface area (Å²) in [6.07, 6.45) is 5.13. The SMILES string of the molecule is O=C(NCc1ccncc1-c1ccn[nH]1)c1ncsc1Nc1ccccc1. The highest BCUT2D eigenvalue weighted by Gasteiger charge is 2.16. The molecule has 1 aromatic carbocycles. The van der Waals surface area contributed by atoms with Crippen LogP contribution >= 0.6 is 11.3 Å². The van der Waals surface area contributed by atoms with Crippen molar-refractivity contribution in [2.45, 2.75) is 6.54 Å². The number of nitrogens with zero attached hydrogens (tertiary/aromatic N) is 3. The summed E-state index contributed by atoms with van der Waals surface area (Å²) in [5.41, 5.74) is 5.63. The number of benzene rings is 1. The first-order valence-corrected chi connectivity index (χ1v) is 9.15. The summed E-state index contributed by atoms with van der Waals surface area (Å²) in [7, 11) is 0. The fourth-order valence-electron chi connectivity index (χ4n) is 2.63. The van der Waals surface area contributed by atoms with E-state index in [-0.39, 0.29) is 5.91 Å². The molecule has 134 valence electrons. The smallest absolute Gasteiger partial charge is 0.273 e. The second-order valence-electron chi connectivity index (χ2n) is 5.71. The molecule has 4 aromatic rings. The first-order chi connectivity index (χ1) is 13.3. The van der Waals surface area contributed by atoms with Crippen molar-refractivity contribution in [2.75, 3.05) is 5.32 Å². The molecule has 0 unspecified atom stereocenters. The zero-order chi connectivity index (χ0) is 18.5. The summed E-state index contributed by atoms with van der Waals surface area (Å²) in [5, 5.41) is 13.8. The highest BCUT2D eigenvalue weighted by molar-refractivity contribution is 7.14. The number of aromatic amines is 1. The second kappa shape index (κ2) is 7.79. The predicted molar refractivity (Wildman–Crippen MR) is 105 cm³/mol.